The van der Waals surface area contributed by atoms with Crippen LogP contribution in [-0.4, -0.2) is 32.3 Å². The van der Waals surface area contributed by atoms with Gasteiger partial charge in [0.2, 0.25) is 0 Å². The van der Waals surface area contributed by atoms with Crippen molar-refractivity contribution in [3.8, 4) is 11.4 Å². The number of phenolic OH excluding ortho intramolecular Hbond substituents is 1. The Morgan fingerprint density at radius 3 is 2.73 bits per heavy atom. The molecule has 0 spiro atoms. The third kappa shape index (κ3) is 1.92. The van der Waals surface area contributed by atoms with Gasteiger partial charge in [0.25, 0.3) is 0 Å². The van der Waals surface area contributed by atoms with Crippen LogP contribution in [0, 0.1) is 0 Å². The Labute approximate surface area is 126 Å². The normalized spacial score (nSPS) is 18.1. The molecule has 1 atom stereocenters. The summed E-state index contributed by atoms with van der Waals surface area (Å²) < 4.78 is 3.50. The lowest BCUT2D eigenvalue weighted by Crippen LogP contribution is -2.27. The SMILES string of the molecule is O=c1n(-c2ccc(O)cc2)c2cnccc2n1[C@@H]1CCNC1. The van der Waals surface area contributed by atoms with Crippen LogP contribution in [0.25, 0.3) is 16.7 Å². The summed E-state index contributed by atoms with van der Waals surface area (Å²) in [5.74, 6) is 0.179. The van der Waals surface area contributed by atoms with Gasteiger partial charge in [0.15, 0.2) is 0 Å². The molecule has 3 aromatic rings. The van der Waals surface area contributed by atoms with Gasteiger partial charge < -0.3 is 10.4 Å². The number of rotatable bonds is 2. The second-order valence-electron chi connectivity index (χ2n) is 5.52. The fourth-order valence-corrected chi connectivity index (χ4v) is 3.13. The number of aromatic hydroxyl groups is 1. The number of benzene rings is 1. The number of fused-ring (bicyclic) bond motifs is 1. The molecule has 0 saturated carbocycles. The molecule has 6 nitrogen and oxygen atoms in total. The van der Waals surface area contributed by atoms with Crippen molar-refractivity contribution in [2.24, 2.45) is 0 Å². The maximum absolute atomic E-state index is 13.0. The molecule has 0 amide bonds. The average Bonchev–Trinajstić information content (AvgIpc) is 3.13. The molecule has 0 bridgehead atoms. The molecule has 2 aromatic heterocycles. The van der Waals surface area contributed by atoms with Crippen LogP contribution in [0.15, 0.2) is 47.5 Å². The van der Waals surface area contributed by atoms with Crippen LogP contribution in [0.3, 0.4) is 0 Å². The van der Waals surface area contributed by atoms with Gasteiger partial charge in [-0.2, -0.15) is 0 Å². The van der Waals surface area contributed by atoms with E-state index in [0.717, 1.165) is 36.2 Å². The Balaban J connectivity index is 2.00. The summed E-state index contributed by atoms with van der Waals surface area (Å²) in [6, 6.07) is 8.68. The molecule has 1 fully saturated rings. The van der Waals surface area contributed by atoms with E-state index in [1.807, 2.05) is 10.6 Å². The molecule has 1 aliphatic rings. The third-order valence-electron chi connectivity index (χ3n) is 4.18. The highest BCUT2D eigenvalue weighted by atomic mass is 16.3. The minimum Gasteiger partial charge on any atom is -0.508 e. The first-order chi connectivity index (χ1) is 10.8. The van der Waals surface area contributed by atoms with E-state index in [1.54, 1.807) is 41.2 Å². The van der Waals surface area contributed by atoms with E-state index in [9.17, 15) is 9.90 Å². The molecule has 1 aliphatic heterocycles. The Hall–Kier alpha value is -2.60. The minimum atomic E-state index is -0.0672. The molecule has 2 N–H and O–H groups in total. The van der Waals surface area contributed by atoms with Gasteiger partial charge in [-0.3, -0.25) is 14.1 Å². The highest BCUT2D eigenvalue weighted by molar-refractivity contribution is 5.77. The fraction of sp³-hybridized carbons (Fsp3) is 0.250. The van der Waals surface area contributed by atoms with E-state index in [-0.39, 0.29) is 17.5 Å². The maximum atomic E-state index is 13.0. The van der Waals surface area contributed by atoms with Gasteiger partial charge in [-0.1, -0.05) is 0 Å². The number of pyridine rings is 1. The van der Waals surface area contributed by atoms with E-state index in [1.165, 1.54) is 0 Å². The van der Waals surface area contributed by atoms with Gasteiger partial charge in [0, 0.05) is 12.7 Å². The first-order valence-electron chi connectivity index (χ1n) is 7.33. The number of imidazole rings is 1. The van der Waals surface area contributed by atoms with Crippen LogP contribution >= 0.6 is 0 Å². The predicted molar refractivity (Wildman–Crippen MR) is 83.5 cm³/mol. The predicted octanol–water partition coefficient (Wildman–Crippen LogP) is 1.43. The first kappa shape index (κ1) is 13.1. The van der Waals surface area contributed by atoms with Crippen LogP contribution in [0.5, 0.6) is 5.75 Å². The second-order valence-corrected chi connectivity index (χ2v) is 5.52. The van der Waals surface area contributed by atoms with Crippen LogP contribution in [0.4, 0.5) is 0 Å². The van der Waals surface area contributed by atoms with Crippen LogP contribution in [0.1, 0.15) is 12.5 Å². The van der Waals surface area contributed by atoms with Crippen molar-refractivity contribution in [3.63, 3.8) is 0 Å². The van der Waals surface area contributed by atoms with Crippen molar-refractivity contribution >= 4 is 11.0 Å². The van der Waals surface area contributed by atoms with Gasteiger partial charge in [-0.05, 0) is 43.3 Å². The van der Waals surface area contributed by atoms with Gasteiger partial charge in [-0.25, -0.2) is 4.79 Å². The zero-order valence-electron chi connectivity index (χ0n) is 11.9. The lowest BCUT2D eigenvalue weighted by Gasteiger charge is -2.10. The Morgan fingerprint density at radius 2 is 2.00 bits per heavy atom. The van der Waals surface area contributed by atoms with Gasteiger partial charge >= 0.3 is 5.69 Å². The molecular weight excluding hydrogens is 280 g/mol. The maximum Gasteiger partial charge on any atom is 0.334 e. The van der Waals surface area contributed by atoms with Gasteiger partial charge in [0.05, 0.1) is 29.0 Å². The van der Waals surface area contributed by atoms with E-state index in [0.29, 0.717) is 0 Å². The summed E-state index contributed by atoms with van der Waals surface area (Å²) in [6.45, 7) is 1.73. The molecule has 0 radical (unpaired) electrons. The molecule has 22 heavy (non-hydrogen) atoms. The molecule has 4 rings (SSSR count). The lowest BCUT2D eigenvalue weighted by molar-refractivity contribution is 0.475. The molecule has 112 valence electrons. The van der Waals surface area contributed by atoms with E-state index >= 15 is 0 Å². The number of hydrogen-bond donors (Lipinski definition) is 2. The van der Waals surface area contributed by atoms with E-state index in [4.69, 9.17) is 0 Å². The topological polar surface area (TPSA) is 72.1 Å². The largest absolute Gasteiger partial charge is 0.508 e. The number of nitrogens with one attached hydrogen (secondary N) is 1. The molecule has 1 saturated heterocycles. The molecule has 6 heteroatoms. The Kier molecular flexibility index (Phi) is 2.97. The summed E-state index contributed by atoms with van der Waals surface area (Å²) in [5.41, 5.74) is 2.33. The standard InChI is InChI=1S/C16H16N4O2/c21-13-3-1-11(2-4-13)19-15-10-18-8-6-14(15)20(16(19)22)12-5-7-17-9-12/h1-4,6,8,10,12,17,21H,5,7,9H2/t12-/m1/s1. The highest BCUT2D eigenvalue weighted by Gasteiger charge is 2.23. The zero-order chi connectivity index (χ0) is 15.1. The van der Waals surface area contributed by atoms with Crippen LogP contribution < -0.4 is 11.0 Å². The molecule has 3 heterocycles. The number of nitrogens with zero attached hydrogens (tertiary/aromatic N) is 3. The number of hydrogen-bond acceptors (Lipinski definition) is 4. The van der Waals surface area contributed by atoms with Crippen LogP contribution in [-0.2, 0) is 0 Å². The van der Waals surface area contributed by atoms with E-state index < -0.39 is 0 Å². The summed E-state index contributed by atoms with van der Waals surface area (Å²) >= 11 is 0. The van der Waals surface area contributed by atoms with Gasteiger partial charge in [-0.15, -0.1) is 0 Å². The molecular formula is C16H16N4O2. The number of aromatic nitrogens is 3. The fourth-order valence-electron chi connectivity index (χ4n) is 3.13. The lowest BCUT2D eigenvalue weighted by atomic mass is 10.2. The third-order valence-corrected chi connectivity index (χ3v) is 4.18. The van der Waals surface area contributed by atoms with E-state index in [2.05, 4.69) is 10.3 Å². The Morgan fingerprint density at radius 1 is 1.18 bits per heavy atom. The first-order valence-corrected chi connectivity index (χ1v) is 7.33. The van der Waals surface area contributed by atoms with Crippen LogP contribution in [0.2, 0.25) is 0 Å². The van der Waals surface area contributed by atoms with Gasteiger partial charge in [0.1, 0.15) is 5.75 Å². The highest BCUT2D eigenvalue weighted by Crippen LogP contribution is 2.23. The molecule has 0 aliphatic carbocycles. The smallest absolute Gasteiger partial charge is 0.334 e. The summed E-state index contributed by atoms with van der Waals surface area (Å²) in [4.78, 5) is 17.1. The monoisotopic (exact) mass is 296 g/mol. The molecule has 1 aromatic carbocycles. The number of phenols is 1. The summed E-state index contributed by atoms with van der Waals surface area (Å²) in [7, 11) is 0. The van der Waals surface area contributed by atoms with Crippen molar-refractivity contribution in [2.75, 3.05) is 13.1 Å². The second kappa shape index (κ2) is 4.99. The summed E-state index contributed by atoms with van der Waals surface area (Å²) in [5, 5.41) is 12.8. The molecule has 0 unspecified atom stereocenters. The minimum absolute atomic E-state index is 0.0672. The van der Waals surface area contributed by atoms with Crippen molar-refractivity contribution in [1.82, 2.24) is 19.4 Å². The Bertz CT molecular complexity index is 873. The van der Waals surface area contributed by atoms with Crippen molar-refractivity contribution < 1.29 is 5.11 Å². The van der Waals surface area contributed by atoms with Crippen molar-refractivity contribution in [1.29, 1.82) is 0 Å². The zero-order valence-corrected chi connectivity index (χ0v) is 11.9. The summed E-state index contributed by atoms with van der Waals surface area (Å²) in [6.07, 6.45) is 4.36. The van der Waals surface area contributed by atoms with Crippen molar-refractivity contribution in [2.45, 2.75) is 12.5 Å². The average molecular weight is 296 g/mol. The van der Waals surface area contributed by atoms with Crippen molar-refractivity contribution in [3.05, 3.63) is 53.2 Å². The quantitative estimate of drug-likeness (QED) is 0.750.